The number of benzene rings is 2. The maximum atomic E-state index is 6.67. The van der Waals surface area contributed by atoms with E-state index in [0.29, 0.717) is 0 Å². The maximum Gasteiger partial charge on any atom is 0.0849 e. The molecule has 0 saturated carbocycles. The second kappa shape index (κ2) is 6.30. The third-order valence-corrected chi connectivity index (χ3v) is 6.00. The Bertz CT molecular complexity index is 623. The van der Waals surface area contributed by atoms with E-state index in [1.165, 1.54) is 11.1 Å². The first-order valence-corrected chi connectivity index (χ1v) is 8.58. The van der Waals surface area contributed by atoms with Crippen molar-refractivity contribution in [2.45, 2.75) is 19.2 Å². The summed E-state index contributed by atoms with van der Waals surface area (Å²) in [6.45, 7) is 4.14. The van der Waals surface area contributed by atoms with Gasteiger partial charge in [-0.3, -0.25) is 0 Å². The lowest BCUT2D eigenvalue weighted by molar-refractivity contribution is 1.09. The number of hydrogen-bond donors (Lipinski definition) is 0. The molecule has 0 aromatic heterocycles. The first-order valence-electron chi connectivity index (χ1n) is 5.76. The normalized spacial score (nSPS) is 12.5. The third-order valence-electron chi connectivity index (χ3n) is 3.13. The van der Waals surface area contributed by atoms with Crippen molar-refractivity contribution in [3.8, 4) is 0 Å². The molecular weight excluding hydrogens is 455 g/mol. The standard InChI is InChI=1S/C15H12Br3Cl/c1-8-6-14(18)11(7-13(8)17)15(19)10-4-3-5-12(16)9(10)2/h3-7,15H,1-2H3. The zero-order valence-corrected chi connectivity index (χ0v) is 16.0. The molecule has 0 amide bonds. The Balaban J connectivity index is 2.53. The van der Waals surface area contributed by atoms with Crippen molar-refractivity contribution in [3.05, 3.63) is 66.0 Å². The Morgan fingerprint density at radius 1 is 0.895 bits per heavy atom. The van der Waals surface area contributed by atoms with Crippen LogP contribution >= 0.6 is 59.4 Å². The summed E-state index contributed by atoms with van der Waals surface area (Å²) < 4.78 is 3.19. The van der Waals surface area contributed by atoms with Crippen LogP contribution in [-0.2, 0) is 0 Å². The lowest BCUT2D eigenvalue weighted by atomic mass is 9.99. The average molecular weight is 467 g/mol. The van der Waals surface area contributed by atoms with E-state index < -0.39 is 0 Å². The van der Waals surface area contributed by atoms with E-state index in [1.807, 2.05) is 12.1 Å². The van der Waals surface area contributed by atoms with Gasteiger partial charge in [-0.1, -0.05) is 59.9 Å². The van der Waals surface area contributed by atoms with Crippen LogP contribution in [0.2, 0.25) is 0 Å². The molecule has 0 spiro atoms. The van der Waals surface area contributed by atoms with E-state index in [9.17, 15) is 0 Å². The Hall–Kier alpha value is 0.170. The van der Waals surface area contributed by atoms with Crippen molar-refractivity contribution in [1.82, 2.24) is 0 Å². The largest absolute Gasteiger partial charge is 0.113 e. The van der Waals surface area contributed by atoms with Crippen molar-refractivity contribution in [3.63, 3.8) is 0 Å². The molecule has 1 atom stereocenters. The van der Waals surface area contributed by atoms with Gasteiger partial charge in [-0.05, 0) is 54.3 Å². The molecule has 4 heteroatoms. The molecular formula is C15H12Br3Cl. The molecule has 2 aromatic rings. The summed E-state index contributed by atoms with van der Waals surface area (Å²) in [7, 11) is 0. The first-order chi connectivity index (χ1) is 8.91. The number of halogens is 4. The minimum absolute atomic E-state index is 0.177. The van der Waals surface area contributed by atoms with Crippen LogP contribution in [0.15, 0.2) is 43.7 Å². The molecule has 0 fully saturated rings. The van der Waals surface area contributed by atoms with Gasteiger partial charge in [0.2, 0.25) is 0 Å². The fraction of sp³-hybridized carbons (Fsp3) is 0.200. The molecule has 2 rings (SSSR count). The van der Waals surface area contributed by atoms with Gasteiger partial charge in [0.05, 0.1) is 5.38 Å². The van der Waals surface area contributed by atoms with E-state index in [0.717, 1.165) is 24.5 Å². The predicted molar refractivity (Wildman–Crippen MR) is 93.2 cm³/mol. The summed E-state index contributed by atoms with van der Waals surface area (Å²) in [6.07, 6.45) is 0. The number of aryl methyl sites for hydroxylation is 1. The molecule has 0 aliphatic carbocycles. The molecule has 2 aromatic carbocycles. The van der Waals surface area contributed by atoms with Gasteiger partial charge in [-0.15, -0.1) is 11.6 Å². The van der Waals surface area contributed by atoms with Crippen molar-refractivity contribution in [2.75, 3.05) is 0 Å². The Labute approximate surface area is 143 Å². The van der Waals surface area contributed by atoms with Crippen molar-refractivity contribution < 1.29 is 0 Å². The number of hydrogen-bond acceptors (Lipinski definition) is 0. The predicted octanol–water partition coefficient (Wildman–Crippen LogP) is 6.92. The molecule has 0 aliphatic rings. The van der Waals surface area contributed by atoms with E-state index in [1.54, 1.807) is 0 Å². The van der Waals surface area contributed by atoms with Gasteiger partial charge in [0, 0.05) is 13.4 Å². The van der Waals surface area contributed by atoms with Crippen LogP contribution in [0.3, 0.4) is 0 Å². The van der Waals surface area contributed by atoms with E-state index >= 15 is 0 Å². The lowest BCUT2D eigenvalue weighted by Gasteiger charge is -2.17. The van der Waals surface area contributed by atoms with Crippen LogP contribution in [0.25, 0.3) is 0 Å². The second-order valence-corrected chi connectivity index (χ2v) is 7.44. The molecule has 0 saturated heterocycles. The minimum Gasteiger partial charge on any atom is -0.113 e. The van der Waals surface area contributed by atoms with Crippen LogP contribution < -0.4 is 0 Å². The Morgan fingerprint density at radius 3 is 2.26 bits per heavy atom. The monoisotopic (exact) mass is 464 g/mol. The number of rotatable bonds is 2. The fourth-order valence-electron chi connectivity index (χ4n) is 1.92. The summed E-state index contributed by atoms with van der Waals surface area (Å²) in [4.78, 5) is 0. The topological polar surface area (TPSA) is 0 Å². The highest BCUT2D eigenvalue weighted by atomic mass is 79.9. The van der Waals surface area contributed by atoms with Crippen LogP contribution in [0, 0.1) is 13.8 Å². The van der Waals surface area contributed by atoms with Gasteiger partial charge in [0.15, 0.2) is 0 Å². The smallest absolute Gasteiger partial charge is 0.0849 e. The van der Waals surface area contributed by atoms with Gasteiger partial charge in [0.1, 0.15) is 0 Å². The average Bonchev–Trinajstić information content (AvgIpc) is 2.36. The van der Waals surface area contributed by atoms with Gasteiger partial charge >= 0.3 is 0 Å². The molecule has 1 unspecified atom stereocenters. The highest BCUT2D eigenvalue weighted by Gasteiger charge is 2.18. The van der Waals surface area contributed by atoms with Crippen molar-refractivity contribution in [1.29, 1.82) is 0 Å². The molecule has 100 valence electrons. The quantitative estimate of drug-likeness (QED) is 0.421. The van der Waals surface area contributed by atoms with Crippen LogP contribution in [-0.4, -0.2) is 0 Å². The van der Waals surface area contributed by atoms with Crippen LogP contribution in [0.5, 0.6) is 0 Å². The van der Waals surface area contributed by atoms with Crippen molar-refractivity contribution in [2.24, 2.45) is 0 Å². The van der Waals surface area contributed by atoms with Gasteiger partial charge in [-0.25, -0.2) is 0 Å². The van der Waals surface area contributed by atoms with Gasteiger partial charge in [-0.2, -0.15) is 0 Å². The minimum atomic E-state index is -0.177. The summed E-state index contributed by atoms with van der Waals surface area (Å²) in [5.74, 6) is 0. The zero-order chi connectivity index (χ0) is 14.2. The fourth-order valence-corrected chi connectivity index (χ4v) is 3.90. The summed E-state index contributed by atoms with van der Waals surface area (Å²) in [6, 6.07) is 10.3. The van der Waals surface area contributed by atoms with E-state index in [2.05, 4.69) is 79.8 Å². The van der Waals surface area contributed by atoms with Crippen LogP contribution in [0.4, 0.5) is 0 Å². The third kappa shape index (κ3) is 3.26. The van der Waals surface area contributed by atoms with E-state index in [4.69, 9.17) is 11.6 Å². The van der Waals surface area contributed by atoms with Crippen LogP contribution in [0.1, 0.15) is 27.6 Å². The molecule has 0 N–H and O–H groups in total. The molecule has 19 heavy (non-hydrogen) atoms. The Morgan fingerprint density at radius 2 is 1.58 bits per heavy atom. The highest BCUT2D eigenvalue weighted by molar-refractivity contribution is 9.11. The van der Waals surface area contributed by atoms with Gasteiger partial charge < -0.3 is 0 Å². The molecule has 0 bridgehead atoms. The maximum absolute atomic E-state index is 6.67. The first kappa shape index (κ1) is 15.6. The van der Waals surface area contributed by atoms with Crippen molar-refractivity contribution >= 4 is 59.4 Å². The molecule has 0 radical (unpaired) electrons. The summed E-state index contributed by atoms with van der Waals surface area (Å²) in [5.41, 5.74) is 4.55. The Kier molecular flexibility index (Phi) is 5.15. The lowest BCUT2D eigenvalue weighted by Crippen LogP contribution is -1.99. The summed E-state index contributed by atoms with van der Waals surface area (Å²) in [5, 5.41) is -0.177. The number of alkyl halides is 1. The van der Waals surface area contributed by atoms with E-state index in [-0.39, 0.29) is 5.38 Å². The highest BCUT2D eigenvalue weighted by Crippen LogP contribution is 2.39. The molecule has 0 nitrogen and oxygen atoms in total. The zero-order valence-electron chi connectivity index (χ0n) is 10.5. The molecule has 0 heterocycles. The SMILES string of the molecule is Cc1cc(Br)c(C(Cl)c2cccc(Br)c2C)cc1Br. The van der Waals surface area contributed by atoms with Gasteiger partial charge in [0.25, 0.3) is 0 Å². The molecule has 0 aliphatic heterocycles. The summed E-state index contributed by atoms with van der Waals surface area (Å²) >= 11 is 17.4. The second-order valence-electron chi connectivity index (χ2n) is 4.44.